The van der Waals surface area contributed by atoms with Gasteiger partial charge in [-0.3, -0.25) is 4.79 Å². The molecule has 70 valence electrons. The average Bonchev–Trinajstić information content (AvgIpc) is 2.48. The minimum Gasteiger partial charge on any atom is -0.338 e. The highest BCUT2D eigenvalue weighted by molar-refractivity contribution is 7.14. The molecule has 0 spiro atoms. The van der Waals surface area contributed by atoms with E-state index in [4.69, 9.17) is 0 Å². The number of rotatable bonds is 2. The molecule has 0 saturated carbocycles. The van der Waals surface area contributed by atoms with Crippen LogP contribution in [-0.4, -0.2) is 23.9 Å². The quantitative estimate of drug-likeness (QED) is 0.708. The van der Waals surface area contributed by atoms with Crippen LogP contribution < -0.4 is 0 Å². The van der Waals surface area contributed by atoms with Gasteiger partial charge in [0.1, 0.15) is 0 Å². The summed E-state index contributed by atoms with van der Waals surface area (Å²) in [6.45, 7) is 4.00. The molecule has 0 N–H and O–H groups in total. The van der Waals surface area contributed by atoms with Gasteiger partial charge in [0.25, 0.3) is 5.91 Å². The molecule has 0 atom stereocenters. The number of hydrogen-bond acceptors (Lipinski definition) is 2. The molecule has 0 aromatic carbocycles. The number of carbonyl (C=O) groups excluding carboxylic acids is 1. The maximum atomic E-state index is 11.7. The topological polar surface area (TPSA) is 20.3 Å². The summed E-state index contributed by atoms with van der Waals surface area (Å²) in [5.41, 5.74) is 0. The molecule has 2 heterocycles. The lowest BCUT2D eigenvalue weighted by Gasteiger charge is -2.30. The lowest BCUT2D eigenvalue weighted by molar-refractivity contribution is 0.0657. The van der Waals surface area contributed by atoms with Crippen molar-refractivity contribution >= 4 is 17.2 Å². The number of likely N-dealkylation sites (tertiary alicyclic amines) is 1. The van der Waals surface area contributed by atoms with Crippen LogP contribution in [0.15, 0.2) is 12.1 Å². The van der Waals surface area contributed by atoms with Gasteiger partial charge in [-0.1, -0.05) is 6.92 Å². The van der Waals surface area contributed by atoms with Gasteiger partial charge in [0, 0.05) is 18.0 Å². The highest BCUT2D eigenvalue weighted by atomic mass is 32.1. The molecular formula is C10H13NOS. The second kappa shape index (κ2) is 3.50. The fourth-order valence-electron chi connectivity index (χ4n) is 1.36. The third kappa shape index (κ3) is 1.61. The minimum absolute atomic E-state index is 0.218. The van der Waals surface area contributed by atoms with Gasteiger partial charge in [-0.2, -0.15) is 0 Å². The minimum atomic E-state index is 0.218. The number of hydrogen-bond donors (Lipinski definition) is 0. The molecule has 1 saturated heterocycles. The Bertz CT molecular complexity index is 314. The molecule has 0 bridgehead atoms. The summed E-state index contributed by atoms with van der Waals surface area (Å²) in [6, 6.07) is 4.00. The molecule has 3 heteroatoms. The Morgan fingerprint density at radius 1 is 1.54 bits per heavy atom. The molecule has 1 aromatic rings. The molecular weight excluding hydrogens is 182 g/mol. The molecule has 1 amide bonds. The van der Waals surface area contributed by atoms with Crippen LogP contribution in [-0.2, 0) is 6.42 Å². The maximum Gasteiger partial charge on any atom is 0.263 e. The molecule has 0 unspecified atom stereocenters. The van der Waals surface area contributed by atoms with Gasteiger partial charge in [-0.15, -0.1) is 11.3 Å². The summed E-state index contributed by atoms with van der Waals surface area (Å²) in [6.07, 6.45) is 2.19. The van der Waals surface area contributed by atoms with E-state index in [9.17, 15) is 4.79 Å². The first kappa shape index (κ1) is 8.75. The van der Waals surface area contributed by atoms with Crippen LogP contribution in [0.1, 0.15) is 27.9 Å². The van der Waals surface area contributed by atoms with E-state index in [2.05, 4.69) is 13.0 Å². The Balaban J connectivity index is 2.10. The monoisotopic (exact) mass is 195 g/mol. The van der Waals surface area contributed by atoms with Gasteiger partial charge in [0.15, 0.2) is 0 Å². The summed E-state index contributed by atoms with van der Waals surface area (Å²) in [4.78, 5) is 15.8. The van der Waals surface area contributed by atoms with Crippen LogP contribution in [0.2, 0.25) is 0 Å². The number of carbonyl (C=O) groups is 1. The summed E-state index contributed by atoms with van der Waals surface area (Å²) in [5.74, 6) is 0.218. The SMILES string of the molecule is CCc1ccc(C(=O)N2CCC2)s1. The van der Waals surface area contributed by atoms with Crippen LogP contribution in [0.5, 0.6) is 0 Å². The number of thiophene rings is 1. The first-order valence-electron chi connectivity index (χ1n) is 4.69. The van der Waals surface area contributed by atoms with Gasteiger partial charge in [-0.25, -0.2) is 0 Å². The largest absolute Gasteiger partial charge is 0.338 e. The Morgan fingerprint density at radius 2 is 2.31 bits per heavy atom. The first-order valence-corrected chi connectivity index (χ1v) is 5.51. The van der Waals surface area contributed by atoms with Crippen molar-refractivity contribution in [1.82, 2.24) is 4.90 Å². The van der Waals surface area contributed by atoms with Crippen LogP contribution in [0.3, 0.4) is 0 Å². The van der Waals surface area contributed by atoms with Gasteiger partial charge in [-0.05, 0) is 25.0 Å². The van der Waals surface area contributed by atoms with Crippen molar-refractivity contribution in [1.29, 1.82) is 0 Å². The van der Waals surface area contributed by atoms with Gasteiger partial charge < -0.3 is 4.90 Å². The van der Waals surface area contributed by atoms with E-state index in [1.807, 2.05) is 11.0 Å². The first-order chi connectivity index (χ1) is 6.31. The molecule has 1 fully saturated rings. The van der Waals surface area contributed by atoms with E-state index in [-0.39, 0.29) is 5.91 Å². The van der Waals surface area contributed by atoms with Gasteiger partial charge in [0.05, 0.1) is 4.88 Å². The Hall–Kier alpha value is -0.830. The van der Waals surface area contributed by atoms with Crippen LogP contribution in [0, 0.1) is 0 Å². The lowest BCUT2D eigenvalue weighted by atomic mass is 10.2. The van der Waals surface area contributed by atoms with Crippen LogP contribution in [0.4, 0.5) is 0 Å². The van der Waals surface area contributed by atoms with Gasteiger partial charge >= 0.3 is 0 Å². The number of nitrogens with zero attached hydrogens (tertiary/aromatic N) is 1. The smallest absolute Gasteiger partial charge is 0.263 e. The van der Waals surface area contributed by atoms with E-state index in [0.717, 1.165) is 30.8 Å². The Kier molecular flexibility index (Phi) is 2.36. The molecule has 0 radical (unpaired) electrons. The third-order valence-electron chi connectivity index (χ3n) is 2.36. The zero-order valence-electron chi connectivity index (χ0n) is 7.75. The van der Waals surface area contributed by atoms with Crippen molar-refractivity contribution < 1.29 is 4.79 Å². The van der Waals surface area contributed by atoms with Crippen molar-refractivity contribution in [2.24, 2.45) is 0 Å². The fraction of sp³-hybridized carbons (Fsp3) is 0.500. The molecule has 1 aromatic heterocycles. The average molecular weight is 195 g/mol. The summed E-state index contributed by atoms with van der Waals surface area (Å²) < 4.78 is 0. The second-order valence-corrected chi connectivity index (χ2v) is 4.43. The van der Waals surface area contributed by atoms with Crippen molar-refractivity contribution in [3.05, 3.63) is 21.9 Å². The molecule has 13 heavy (non-hydrogen) atoms. The van der Waals surface area contributed by atoms with E-state index in [1.54, 1.807) is 11.3 Å². The zero-order valence-corrected chi connectivity index (χ0v) is 8.56. The summed E-state index contributed by atoms with van der Waals surface area (Å²) in [5, 5.41) is 0. The summed E-state index contributed by atoms with van der Waals surface area (Å²) in [7, 11) is 0. The zero-order chi connectivity index (χ0) is 9.26. The lowest BCUT2D eigenvalue weighted by Crippen LogP contribution is -2.41. The predicted octanol–water partition coefficient (Wildman–Crippen LogP) is 2.16. The highest BCUT2D eigenvalue weighted by Gasteiger charge is 2.22. The number of aryl methyl sites for hydroxylation is 1. The van der Waals surface area contributed by atoms with E-state index in [1.165, 1.54) is 4.88 Å². The van der Waals surface area contributed by atoms with Crippen LogP contribution >= 0.6 is 11.3 Å². The van der Waals surface area contributed by atoms with E-state index in [0.29, 0.717) is 0 Å². The fourth-order valence-corrected chi connectivity index (χ4v) is 2.27. The Labute approximate surface area is 82.2 Å². The second-order valence-electron chi connectivity index (χ2n) is 3.27. The van der Waals surface area contributed by atoms with Crippen LogP contribution in [0.25, 0.3) is 0 Å². The van der Waals surface area contributed by atoms with Gasteiger partial charge in [0.2, 0.25) is 0 Å². The molecule has 2 rings (SSSR count). The van der Waals surface area contributed by atoms with E-state index >= 15 is 0 Å². The third-order valence-corrected chi connectivity index (χ3v) is 3.58. The molecule has 0 aliphatic carbocycles. The van der Waals surface area contributed by atoms with Crippen molar-refractivity contribution in [3.63, 3.8) is 0 Å². The summed E-state index contributed by atoms with van der Waals surface area (Å²) >= 11 is 1.63. The molecule has 1 aliphatic rings. The van der Waals surface area contributed by atoms with Crippen molar-refractivity contribution in [2.75, 3.05) is 13.1 Å². The molecule has 2 nitrogen and oxygen atoms in total. The Morgan fingerprint density at radius 3 is 2.77 bits per heavy atom. The number of amides is 1. The maximum absolute atomic E-state index is 11.7. The normalized spacial score (nSPS) is 15.6. The molecule has 1 aliphatic heterocycles. The van der Waals surface area contributed by atoms with Crippen molar-refractivity contribution in [2.45, 2.75) is 19.8 Å². The standard InChI is InChI=1S/C10H13NOS/c1-2-8-4-5-9(13-8)10(12)11-6-3-7-11/h4-5H,2-3,6-7H2,1H3. The highest BCUT2D eigenvalue weighted by Crippen LogP contribution is 2.20. The van der Waals surface area contributed by atoms with E-state index < -0.39 is 0 Å². The predicted molar refractivity (Wildman–Crippen MR) is 54.2 cm³/mol. The van der Waals surface area contributed by atoms with Crippen molar-refractivity contribution in [3.8, 4) is 0 Å².